The van der Waals surface area contributed by atoms with Gasteiger partial charge in [0.05, 0.1) is 0 Å². The average molecular weight is 198 g/mol. The lowest BCUT2D eigenvalue weighted by molar-refractivity contribution is -0.116. The molecule has 1 aromatic heterocycles. The fraction of sp³-hybridized carbons (Fsp3) is 0.625. The summed E-state index contributed by atoms with van der Waals surface area (Å²) in [7, 11) is 1.61. The zero-order valence-corrected chi connectivity index (χ0v) is 8.33. The summed E-state index contributed by atoms with van der Waals surface area (Å²) in [6.07, 6.45) is 1.12. The maximum absolute atomic E-state index is 11.2. The second-order valence-electron chi connectivity index (χ2n) is 2.89. The van der Waals surface area contributed by atoms with Crippen molar-refractivity contribution in [2.75, 3.05) is 19.0 Å². The van der Waals surface area contributed by atoms with E-state index in [-0.39, 0.29) is 5.91 Å². The van der Waals surface area contributed by atoms with Gasteiger partial charge in [-0.25, -0.2) is 0 Å². The Labute approximate surface area is 82.1 Å². The molecule has 0 bridgehead atoms. The number of H-pyrrole nitrogens is 1. The number of nitrogens with one attached hydrogen (secondary N) is 2. The van der Waals surface area contributed by atoms with Gasteiger partial charge < -0.3 is 4.74 Å². The van der Waals surface area contributed by atoms with E-state index in [0.717, 1.165) is 0 Å². The van der Waals surface area contributed by atoms with E-state index in [9.17, 15) is 4.79 Å². The Morgan fingerprint density at radius 3 is 3.00 bits per heavy atom. The number of aryl methyl sites for hydroxylation is 1. The van der Waals surface area contributed by atoms with Crippen LogP contribution in [0.5, 0.6) is 0 Å². The first-order valence-corrected chi connectivity index (χ1v) is 4.40. The monoisotopic (exact) mass is 198 g/mol. The summed E-state index contributed by atoms with van der Waals surface area (Å²) >= 11 is 0. The minimum absolute atomic E-state index is 0.0962. The zero-order chi connectivity index (χ0) is 10.4. The molecule has 0 radical (unpaired) electrons. The third-order valence-corrected chi connectivity index (χ3v) is 1.60. The van der Waals surface area contributed by atoms with Gasteiger partial charge in [0.15, 0.2) is 0 Å². The van der Waals surface area contributed by atoms with Crippen molar-refractivity contribution < 1.29 is 9.53 Å². The van der Waals surface area contributed by atoms with Crippen molar-refractivity contribution in [1.29, 1.82) is 0 Å². The normalized spacial score (nSPS) is 10.1. The molecule has 0 unspecified atom stereocenters. The van der Waals surface area contributed by atoms with Crippen LogP contribution in [0.1, 0.15) is 18.7 Å². The number of anilines is 1. The Kier molecular flexibility index (Phi) is 4.06. The van der Waals surface area contributed by atoms with E-state index in [0.29, 0.717) is 31.2 Å². The van der Waals surface area contributed by atoms with Crippen LogP contribution in [-0.2, 0) is 9.53 Å². The van der Waals surface area contributed by atoms with E-state index in [2.05, 4.69) is 20.5 Å². The predicted octanol–water partition coefficient (Wildman–Crippen LogP) is 0.478. The molecule has 6 heteroatoms. The SMILES string of the molecule is COCCCC(=O)Nc1n[nH]c(C)n1. The third kappa shape index (κ3) is 3.53. The van der Waals surface area contributed by atoms with Crippen LogP contribution in [0.2, 0.25) is 0 Å². The molecule has 0 atom stereocenters. The number of aromatic amines is 1. The van der Waals surface area contributed by atoms with Crippen molar-refractivity contribution in [2.24, 2.45) is 0 Å². The van der Waals surface area contributed by atoms with E-state index in [1.54, 1.807) is 14.0 Å². The van der Waals surface area contributed by atoms with Gasteiger partial charge in [-0.2, -0.15) is 4.98 Å². The van der Waals surface area contributed by atoms with Crippen LogP contribution < -0.4 is 5.32 Å². The van der Waals surface area contributed by atoms with Gasteiger partial charge in [0.25, 0.3) is 0 Å². The number of hydrogen-bond acceptors (Lipinski definition) is 4. The molecule has 0 aliphatic rings. The summed E-state index contributed by atoms with van der Waals surface area (Å²) in [5.74, 6) is 0.906. The summed E-state index contributed by atoms with van der Waals surface area (Å²) in [5, 5.41) is 9.00. The van der Waals surface area contributed by atoms with Gasteiger partial charge >= 0.3 is 0 Å². The van der Waals surface area contributed by atoms with E-state index in [1.165, 1.54) is 0 Å². The lowest BCUT2D eigenvalue weighted by Gasteiger charge is -1.99. The predicted molar refractivity (Wildman–Crippen MR) is 50.9 cm³/mol. The molecule has 0 saturated carbocycles. The highest BCUT2D eigenvalue weighted by Gasteiger charge is 2.04. The van der Waals surface area contributed by atoms with Crippen molar-refractivity contribution >= 4 is 11.9 Å². The average Bonchev–Trinajstić information content (AvgIpc) is 2.52. The van der Waals surface area contributed by atoms with Crippen LogP contribution in [0.3, 0.4) is 0 Å². The van der Waals surface area contributed by atoms with Gasteiger partial charge in [-0.15, -0.1) is 5.10 Å². The first-order valence-electron chi connectivity index (χ1n) is 4.40. The zero-order valence-electron chi connectivity index (χ0n) is 8.33. The molecule has 0 aliphatic heterocycles. The maximum Gasteiger partial charge on any atom is 0.248 e. The molecule has 0 aromatic carbocycles. The van der Waals surface area contributed by atoms with Crippen molar-refractivity contribution in [3.05, 3.63) is 5.82 Å². The van der Waals surface area contributed by atoms with Crippen molar-refractivity contribution in [1.82, 2.24) is 15.2 Å². The number of nitrogens with zero attached hydrogens (tertiary/aromatic N) is 2. The minimum Gasteiger partial charge on any atom is -0.385 e. The Hall–Kier alpha value is -1.43. The molecule has 1 amide bonds. The highest BCUT2D eigenvalue weighted by Crippen LogP contribution is 1.99. The Balaban J connectivity index is 2.27. The van der Waals surface area contributed by atoms with E-state index in [1.807, 2.05) is 0 Å². The number of methoxy groups -OCH3 is 1. The van der Waals surface area contributed by atoms with Crippen LogP contribution in [0.15, 0.2) is 0 Å². The summed E-state index contributed by atoms with van der Waals surface area (Å²) < 4.78 is 4.83. The molecule has 14 heavy (non-hydrogen) atoms. The number of carbonyl (C=O) groups is 1. The van der Waals surface area contributed by atoms with Crippen molar-refractivity contribution in [2.45, 2.75) is 19.8 Å². The minimum atomic E-state index is -0.0962. The number of ether oxygens (including phenoxy) is 1. The molecule has 2 N–H and O–H groups in total. The second kappa shape index (κ2) is 5.33. The summed E-state index contributed by atoms with van der Waals surface area (Å²) in [5.41, 5.74) is 0. The molecule has 78 valence electrons. The van der Waals surface area contributed by atoms with E-state index in [4.69, 9.17) is 4.74 Å². The quantitative estimate of drug-likeness (QED) is 0.674. The van der Waals surface area contributed by atoms with Crippen LogP contribution in [-0.4, -0.2) is 34.8 Å². The Morgan fingerprint density at radius 1 is 1.64 bits per heavy atom. The molecule has 1 aromatic rings. The standard InChI is InChI=1S/C8H14N4O2/c1-6-9-8(12-11-6)10-7(13)4-3-5-14-2/h3-5H2,1-2H3,(H2,9,10,11,12,13). The number of aromatic nitrogens is 3. The summed E-state index contributed by atoms with van der Waals surface area (Å²) in [6, 6.07) is 0. The molecule has 1 heterocycles. The summed E-state index contributed by atoms with van der Waals surface area (Å²) in [6.45, 7) is 2.36. The third-order valence-electron chi connectivity index (χ3n) is 1.60. The van der Waals surface area contributed by atoms with Gasteiger partial charge in [0.2, 0.25) is 11.9 Å². The number of hydrogen-bond donors (Lipinski definition) is 2. The van der Waals surface area contributed by atoms with E-state index >= 15 is 0 Å². The largest absolute Gasteiger partial charge is 0.385 e. The second-order valence-corrected chi connectivity index (χ2v) is 2.89. The van der Waals surface area contributed by atoms with Gasteiger partial charge in [0.1, 0.15) is 5.82 Å². The molecular weight excluding hydrogens is 184 g/mol. The van der Waals surface area contributed by atoms with Gasteiger partial charge in [-0.05, 0) is 13.3 Å². The van der Waals surface area contributed by atoms with Crippen molar-refractivity contribution in [3.63, 3.8) is 0 Å². The molecule has 0 aliphatic carbocycles. The fourth-order valence-corrected chi connectivity index (χ4v) is 0.963. The lowest BCUT2D eigenvalue weighted by Crippen LogP contribution is -2.13. The highest BCUT2D eigenvalue weighted by atomic mass is 16.5. The van der Waals surface area contributed by atoms with Crippen molar-refractivity contribution in [3.8, 4) is 0 Å². The van der Waals surface area contributed by atoms with Gasteiger partial charge in [-0.3, -0.25) is 15.2 Å². The Bertz CT molecular complexity index is 297. The maximum atomic E-state index is 11.2. The Morgan fingerprint density at radius 2 is 2.43 bits per heavy atom. The molecule has 1 rings (SSSR count). The van der Waals surface area contributed by atoms with Gasteiger partial charge in [-0.1, -0.05) is 0 Å². The lowest BCUT2D eigenvalue weighted by atomic mass is 10.3. The first kappa shape index (κ1) is 10.6. The van der Waals surface area contributed by atoms with E-state index < -0.39 is 0 Å². The number of amides is 1. The molecule has 6 nitrogen and oxygen atoms in total. The molecule has 0 spiro atoms. The molecule has 0 saturated heterocycles. The highest BCUT2D eigenvalue weighted by molar-refractivity contribution is 5.88. The fourth-order valence-electron chi connectivity index (χ4n) is 0.963. The van der Waals surface area contributed by atoms with Gasteiger partial charge in [0, 0.05) is 20.1 Å². The van der Waals surface area contributed by atoms with Crippen LogP contribution >= 0.6 is 0 Å². The van der Waals surface area contributed by atoms with Crippen LogP contribution in [0.4, 0.5) is 5.95 Å². The number of rotatable bonds is 5. The number of carbonyl (C=O) groups excluding carboxylic acids is 1. The molecular formula is C8H14N4O2. The van der Waals surface area contributed by atoms with Crippen LogP contribution in [0.25, 0.3) is 0 Å². The van der Waals surface area contributed by atoms with Crippen LogP contribution in [0, 0.1) is 6.92 Å². The summed E-state index contributed by atoms with van der Waals surface area (Å²) in [4.78, 5) is 15.2. The molecule has 0 fully saturated rings. The first-order chi connectivity index (χ1) is 6.72. The topological polar surface area (TPSA) is 79.9 Å². The smallest absolute Gasteiger partial charge is 0.248 e.